The normalized spacial score (nSPS) is 18.6. The van der Waals surface area contributed by atoms with Gasteiger partial charge >= 0.3 is 6.18 Å². The number of hydrogen-bond acceptors (Lipinski definition) is 3. The number of aryl methyl sites for hydroxylation is 2. The van der Waals surface area contributed by atoms with E-state index in [4.69, 9.17) is 0 Å². The van der Waals surface area contributed by atoms with E-state index in [2.05, 4.69) is 36.2 Å². The van der Waals surface area contributed by atoms with Crippen molar-refractivity contribution in [3.63, 3.8) is 0 Å². The van der Waals surface area contributed by atoms with Crippen molar-refractivity contribution < 1.29 is 27.2 Å². The van der Waals surface area contributed by atoms with Crippen LogP contribution in [0.1, 0.15) is 51.0 Å². The number of nitrogens with one attached hydrogen (secondary N) is 1. The number of carbonyl (C=O) groups is 2. The standard InChI is InChI=1S/C27H31F4N3O2/c1-17-12-19-7-10-34(16-22(19)13-18(17)2)26(36)21-4-3-9-33(15-21)11-8-32-25(35)20-5-6-24(28)23(14-20)27(29,30)31/h5-6,12-14,21H,3-4,7-11,15-16H2,1-2H3,(H,32,35). The second-order valence-corrected chi connectivity index (χ2v) is 9.80. The van der Waals surface area contributed by atoms with Gasteiger partial charge in [-0.3, -0.25) is 9.59 Å². The van der Waals surface area contributed by atoms with Crippen LogP contribution in [0.25, 0.3) is 0 Å². The Hall–Kier alpha value is -2.94. The molecule has 9 heteroatoms. The van der Waals surface area contributed by atoms with Gasteiger partial charge in [-0.2, -0.15) is 13.2 Å². The number of fused-ring (bicyclic) bond motifs is 1. The van der Waals surface area contributed by atoms with Crippen LogP contribution in [-0.4, -0.2) is 54.3 Å². The maximum atomic E-state index is 13.5. The molecule has 0 aromatic heterocycles. The summed E-state index contributed by atoms with van der Waals surface area (Å²) in [6.45, 7) is 7.58. The lowest BCUT2D eigenvalue weighted by Crippen LogP contribution is -2.47. The minimum atomic E-state index is -4.87. The summed E-state index contributed by atoms with van der Waals surface area (Å²) in [5.74, 6) is -2.07. The van der Waals surface area contributed by atoms with Crippen molar-refractivity contribution in [2.45, 2.75) is 45.8 Å². The van der Waals surface area contributed by atoms with E-state index in [9.17, 15) is 27.2 Å². The molecule has 1 N–H and O–H groups in total. The second-order valence-electron chi connectivity index (χ2n) is 9.80. The summed E-state index contributed by atoms with van der Waals surface area (Å²) < 4.78 is 52.2. The minimum absolute atomic E-state index is 0.117. The van der Waals surface area contributed by atoms with Crippen molar-refractivity contribution in [3.8, 4) is 0 Å². The predicted molar refractivity (Wildman–Crippen MR) is 128 cm³/mol. The van der Waals surface area contributed by atoms with Gasteiger partial charge in [-0.05, 0) is 80.1 Å². The Balaban J connectivity index is 1.29. The summed E-state index contributed by atoms with van der Waals surface area (Å²) in [5, 5.41) is 2.61. The van der Waals surface area contributed by atoms with Crippen LogP contribution in [0.4, 0.5) is 17.6 Å². The van der Waals surface area contributed by atoms with Crippen molar-refractivity contribution in [3.05, 3.63) is 69.5 Å². The lowest BCUT2D eigenvalue weighted by molar-refractivity contribution is -0.140. The third-order valence-electron chi connectivity index (χ3n) is 7.24. The van der Waals surface area contributed by atoms with E-state index in [0.717, 1.165) is 31.9 Å². The molecule has 1 atom stereocenters. The topological polar surface area (TPSA) is 52.7 Å². The quantitative estimate of drug-likeness (QED) is 0.610. The fourth-order valence-electron chi connectivity index (χ4n) is 5.08. The van der Waals surface area contributed by atoms with Crippen molar-refractivity contribution in [1.82, 2.24) is 15.1 Å². The van der Waals surface area contributed by atoms with E-state index in [-0.39, 0.29) is 23.9 Å². The van der Waals surface area contributed by atoms with E-state index >= 15 is 0 Å². The molecule has 1 saturated heterocycles. The fraction of sp³-hybridized carbons (Fsp3) is 0.481. The molecule has 4 rings (SSSR count). The first kappa shape index (κ1) is 26.1. The lowest BCUT2D eigenvalue weighted by atomic mass is 9.92. The van der Waals surface area contributed by atoms with Crippen LogP contribution in [-0.2, 0) is 23.9 Å². The predicted octanol–water partition coefficient (Wildman–Crippen LogP) is 4.49. The molecule has 1 unspecified atom stereocenters. The summed E-state index contributed by atoms with van der Waals surface area (Å²) in [4.78, 5) is 29.6. The number of benzene rings is 2. The monoisotopic (exact) mass is 505 g/mol. The van der Waals surface area contributed by atoms with Crippen molar-refractivity contribution in [2.24, 2.45) is 5.92 Å². The van der Waals surface area contributed by atoms with Gasteiger partial charge in [0.05, 0.1) is 11.5 Å². The number of halogens is 4. The summed E-state index contributed by atoms with van der Waals surface area (Å²) >= 11 is 0. The van der Waals surface area contributed by atoms with E-state index in [1.54, 1.807) is 0 Å². The van der Waals surface area contributed by atoms with Gasteiger partial charge in [0.15, 0.2) is 0 Å². The highest BCUT2D eigenvalue weighted by Gasteiger charge is 2.35. The van der Waals surface area contributed by atoms with Gasteiger partial charge in [-0.25, -0.2) is 4.39 Å². The Morgan fingerprint density at radius 3 is 2.50 bits per heavy atom. The van der Waals surface area contributed by atoms with Crippen molar-refractivity contribution in [1.29, 1.82) is 0 Å². The number of rotatable bonds is 5. The van der Waals surface area contributed by atoms with E-state index in [1.165, 1.54) is 22.3 Å². The molecule has 2 aliphatic heterocycles. The van der Waals surface area contributed by atoms with Gasteiger partial charge in [-0.15, -0.1) is 0 Å². The summed E-state index contributed by atoms with van der Waals surface area (Å²) in [6.07, 6.45) is -2.35. The number of hydrogen-bond donors (Lipinski definition) is 1. The van der Waals surface area contributed by atoms with Crippen molar-refractivity contribution >= 4 is 11.8 Å². The number of piperidine rings is 1. The number of likely N-dealkylation sites (tertiary alicyclic amines) is 1. The molecule has 2 heterocycles. The molecule has 0 aliphatic carbocycles. The maximum Gasteiger partial charge on any atom is 0.419 e. The van der Waals surface area contributed by atoms with Gasteiger partial charge in [0, 0.05) is 38.3 Å². The molecule has 194 valence electrons. The third kappa shape index (κ3) is 5.88. The van der Waals surface area contributed by atoms with Gasteiger partial charge in [0.25, 0.3) is 5.91 Å². The van der Waals surface area contributed by atoms with Gasteiger partial charge in [-0.1, -0.05) is 12.1 Å². The summed E-state index contributed by atoms with van der Waals surface area (Å²) in [7, 11) is 0. The van der Waals surface area contributed by atoms with Gasteiger partial charge < -0.3 is 15.1 Å². The Kier molecular flexibility index (Phi) is 7.68. The zero-order chi connectivity index (χ0) is 26.0. The average molecular weight is 506 g/mol. The van der Waals surface area contributed by atoms with Crippen LogP contribution in [0, 0.1) is 25.6 Å². The highest BCUT2D eigenvalue weighted by molar-refractivity contribution is 5.94. The Morgan fingerprint density at radius 2 is 1.78 bits per heavy atom. The Bertz CT molecular complexity index is 1150. The van der Waals surface area contributed by atoms with Crippen LogP contribution in [0.2, 0.25) is 0 Å². The molecular formula is C27H31F4N3O2. The molecule has 2 aromatic rings. The molecule has 0 bridgehead atoms. The first-order valence-corrected chi connectivity index (χ1v) is 12.3. The van der Waals surface area contributed by atoms with Crippen LogP contribution in [0.15, 0.2) is 30.3 Å². The molecule has 36 heavy (non-hydrogen) atoms. The number of carbonyl (C=O) groups excluding carboxylic acids is 2. The molecule has 2 amide bonds. The molecule has 2 aliphatic rings. The molecule has 0 radical (unpaired) electrons. The van der Waals surface area contributed by atoms with Gasteiger partial charge in [0.2, 0.25) is 5.91 Å². The van der Waals surface area contributed by atoms with Gasteiger partial charge in [0.1, 0.15) is 5.82 Å². The summed E-state index contributed by atoms with van der Waals surface area (Å²) in [5.41, 5.74) is 3.31. The van der Waals surface area contributed by atoms with E-state index in [1.807, 2.05) is 4.90 Å². The zero-order valence-electron chi connectivity index (χ0n) is 20.6. The molecule has 0 saturated carbocycles. The van der Waals surface area contributed by atoms with Crippen LogP contribution >= 0.6 is 0 Å². The third-order valence-corrected chi connectivity index (χ3v) is 7.24. The van der Waals surface area contributed by atoms with Crippen LogP contribution in [0.3, 0.4) is 0 Å². The number of alkyl halides is 3. The Labute approximate surface area is 208 Å². The highest BCUT2D eigenvalue weighted by Crippen LogP contribution is 2.32. The van der Waals surface area contributed by atoms with E-state index < -0.39 is 23.5 Å². The van der Waals surface area contributed by atoms with Crippen LogP contribution in [0.5, 0.6) is 0 Å². The van der Waals surface area contributed by atoms with Crippen molar-refractivity contribution in [2.75, 3.05) is 32.7 Å². The fourth-order valence-corrected chi connectivity index (χ4v) is 5.08. The first-order valence-electron chi connectivity index (χ1n) is 12.3. The smallest absolute Gasteiger partial charge is 0.351 e. The Morgan fingerprint density at radius 1 is 1.06 bits per heavy atom. The highest BCUT2D eigenvalue weighted by atomic mass is 19.4. The van der Waals surface area contributed by atoms with Crippen LogP contribution < -0.4 is 5.32 Å². The summed E-state index contributed by atoms with van der Waals surface area (Å²) in [6, 6.07) is 6.62. The zero-order valence-corrected chi connectivity index (χ0v) is 20.6. The first-order chi connectivity index (χ1) is 17.0. The molecule has 1 fully saturated rings. The average Bonchev–Trinajstić information content (AvgIpc) is 2.83. The molecular weight excluding hydrogens is 474 g/mol. The molecule has 0 spiro atoms. The SMILES string of the molecule is Cc1cc2c(cc1C)CN(C(=O)C1CCCN(CCNC(=O)c3ccc(F)c(C(F)(F)F)c3)C1)CC2. The lowest BCUT2D eigenvalue weighted by Gasteiger charge is -2.37. The number of nitrogens with zero attached hydrogens (tertiary/aromatic N) is 2. The number of amides is 2. The minimum Gasteiger partial charge on any atom is -0.351 e. The van der Waals surface area contributed by atoms with E-state index in [0.29, 0.717) is 38.3 Å². The maximum absolute atomic E-state index is 13.5. The molecule has 5 nitrogen and oxygen atoms in total. The largest absolute Gasteiger partial charge is 0.419 e. The molecule has 2 aromatic carbocycles. The second kappa shape index (κ2) is 10.6.